The van der Waals surface area contributed by atoms with Crippen LogP contribution in [0, 0.1) is 5.92 Å². The van der Waals surface area contributed by atoms with Gasteiger partial charge in [0.1, 0.15) is 5.54 Å². The van der Waals surface area contributed by atoms with Crippen LogP contribution in [0.4, 0.5) is 17.1 Å². The molecule has 13 nitrogen and oxygen atoms in total. The molecular weight excluding hydrogens is 711 g/mol. The first kappa shape index (κ1) is 38.9. The molecule has 1 aromatic heterocycles. The molecule has 7 rings (SSSR count). The molecule has 0 saturated carbocycles. The van der Waals surface area contributed by atoms with Crippen LogP contribution in [0.15, 0.2) is 97.2 Å². The molecular formula is C43H51N7O6. The van der Waals surface area contributed by atoms with E-state index in [0.29, 0.717) is 74.5 Å². The minimum Gasteiger partial charge on any atom is -0.469 e. The largest absolute Gasteiger partial charge is 0.469 e. The number of carbonyl (C=O) groups is 3. The predicted molar refractivity (Wildman–Crippen MR) is 213 cm³/mol. The summed E-state index contributed by atoms with van der Waals surface area (Å²) in [4.78, 5) is 46.3. The van der Waals surface area contributed by atoms with E-state index in [1.54, 1.807) is 14.5 Å². The Kier molecular flexibility index (Phi) is 11.7. The van der Waals surface area contributed by atoms with Crippen LogP contribution in [-0.4, -0.2) is 88.5 Å². The lowest BCUT2D eigenvalue weighted by Crippen LogP contribution is -2.55. The molecule has 3 aliphatic heterocycles. The topological polar surface area (TPSA) is 153 Å². The Morgan fingerprint density at radius 1 is 0.964 bits per heavy atom. The van der Waals surface area contributed by atoms with E-state index in [9.17, 15) is 24.6 Å². The molecule has 13 heteroatoms. The molecule has 4 heterocycles. The number of esters is 1. The Morgan fingerprint density at radius 2 is 1.70 bits per heavy atom. The lowest BCUT2D eigenvalue weighted by Gasteiger charge is -2.39. The molecule has 1 unspecified atom stereocenters. The lowest BCUT2D eigenvalue weighted by molar-refractivity contribution is -0.140. The summed E-state index contributed by atoms with van der Waals surface area (Å²) in [6.45, 7) is 4.36. The van der Waals surface area contributed by atoms with Crippen molar-refractivity contribution in [3.63, 3.8) is 0 Å². The monoisotopic (exact) mass is 761 g/mol. The summed E-state index contributed by atoms with van der Waals surface area (Å²) >= 11 is 0. The summed E-state index contributed by atoms with van der Waals surface area (Å²) in [5.74, 6) is -1.65. The Morgan fingerprint density at radius 3 is 2.41 bits per heavy atom. The van der Waals surface area contributed by atoms with Gasteiger partial charge >= 0.3 is 5.97 Å². The maximum Gasteiger partial charge on any atom is 0.305 e. The number of hydrogen-bond donors (Lipinski definition) is 3. The normalized spacial score (nSPS) is 20.2. The number of amides is 2. The number of piperidine rings is 1. The Balaban J connectivity index is 1.13. The van der Waals surface area contributed by atoms with Crippen molar-refractivity contribution in [2.75, 3.05) is 54.7 Å². The molecule has 4 aromatic rings. The standard InChI is InChI=1S/C43H51N7O6/c1-31(13-9-11-25-47-28-37(45-46-47)35(29-51)32-14-5-3-6-15-32)43(55)36-27-34(19-20-38(36)48(41(43)54)26-12-10-18-39(52)56-2)49-30-50(33-16-7-4-8-17-33)42(40(49)53)21-23-44-24-22-42/h3-9,13-17,19-20,27-28,31,35,44,51,55H,10-12,18,21-26,29-30H2,1-2H3/b13-9+/t31-,35?,43+/m1/s1. The smallest absolute Gasteiger partial charge is 0.305 e. The van der Waals surface area contributed by atoms with Crippen LogP contribution in [0.3, 0.4) is 0 Å². The highest BCUT2D eigenvalue weighted by atomic mass is 16.5. The van der Waals surface area contributed by atoms with Gasteiger partial charge in [-0.25, -0.2) is 0 Å². The summed E-state index contributed by atoms with van der Waals surface area (Å²) in [7, 11) is 1.36. The van der Waals surface area contributed by atoms with Gasteiger partial charge in [-0.15, -0.1) is 5.10 Å². The van der Waals surface area contributed by atoms with Crippen LogP contribution in [0.25, 0.3) is 0 Å². The van der Waals surface area contributed by atoms with Crippen LogP contribution >= 0.6 is 0 Å². The van der Waals surface area contributed by atoms with Crippen LogP contribution in [0.1, 0.15) is 68.2 Å². The molecule has 2 saturated heterocycles. The number of aromatic nitrogens is 3. The number of nitrogens with one attached hydrogen (secondary N) is 1. The zero-order valence-corrected chi connectivity index (χ0v) is 32.1. The first-order valence-electron chi connectivity index (χ1n) is 19.5. The number of aliphatic hydroxyl groups excluding tert-OH is 1. The number of hydrogen-bond acceptors (Lipinski definition) is 10. The predicted octanol–water partition coefficient (Wildman–Crippen LogP) is 4.50. The molecule has 294 valence electrons. The number of nitrogens with zero attached hydrogens (tertiary/aromatic N) is 6. The maximum atomic E-state index is 14.5. The van der Waals surface area contributed by atoms with Gasteiger partial charge in [0.15, 0.2) is 5.60 Å². The van der Waals surface area contributed by atoms with Crippen molar-refractivity contribution in [2.24, 2.45) is 5.92 Å². The molecule has 3 atom stereocenters. The van der Waals surface area contributed by atoms with Crippen LogP contribution in [0.2, 0.25) is 0 Å². The SMILES string of the molecule is COC(=O)CCCCN1C(=O)[C@](O)([C@H](C)/C=C/CCn2cc(C(CO)c3ccccc3)nn2)c2cc(N3CN(c4ccccc4)C4(CCNCC4)C3=O)ccc21. The van der Waals surface area contributed by atoms with Gasteiger partial charge in [0.05, 0.1) is 37.7 Å². The molecule has 1 spiro atoms. The lowest BCUT2D eigenvalue weighted by atomic mass is 9.82. The number of allylic oxidation sites excluding steroid dienone is 1. The highest BCUT2D eigenvalue weighted by Gasteiger charge is 2.55. The summed E-state index contributed by atoms with van der Waals surface area (Å²) in [5, 5.41) is 34.6. The summed E-state index contributed by atoms with van der Waals surface area (Å²) < 4.78 is 6.52. The van der Waals surface area contributed by atoms with E-state index in [1.807, 2.05) is 104 Å². The first-order valence-corrected chi connectivity index (χ1v) is 19.5. The highest BCUT2D eigenvalue weighted by molar-refractivity contribution is 6.10. The third-order valence-electron chi connectivity index (χ3n) is 11.7. The van der Waals surface area contributed by atoms with Crippen molar-refractivity contribution in [3.05, 3.63) is 114 Å². The fourth-order valence-electron chi connectivity index (χ4n) is 8.42. The number of aliphatic hydroxyl groups is 2. The average molecular weight is 762 g/mol. The van der Waals surface area contributed by atoms with E-state index in [2.05, 4.69) is 20.5 Å². The molecule has 3 aromatic carbocycles. The number of methoxy groups -OCH3 is 1. The summed E-state index contributed by atoms with van der Waals surface area (Å²) in [5.41, 5.74) is 1.67. The van der Waals surface area contributed by atoms with E-state index in [-0.39, 0.29) is 30.8 Å². The molecule has 2 fully saturated rings. The number of rotatable bonds is 15. The Bertz CT molecular complexity index is 2030. The number of para-hydroxylation sites is 1. The van der Waals surface area contributed by atoms with Crippen molar-refractivity contribution in [1.82, 2.24) is 20.3 Å². The number of fused-ring (bicyclic) bond motifs is 1. The van der Waals surface area contributed by atoms with Crippen molar-refractivity contribution in [3.8, 4) is 0 Å². The second-order valence-electron chi connectivity index (χ2n) is 14.9. The molecule has 3 aliphatic rings. The molecule has 0 aliphatic carbocycles. The molecule has 3 N–H and O–H groups in total. The highest BCUT2D eigenvalue weighted by Crippen LogP contribution is 2.48. The van der Waals surface area contributed by atoms with E-state index < -0.39 is 23.0 Å². The second kappa shape index (κ2) is 16.8. The Hall–Kier alpha value is -5.37. The molecule has 0 bridgehead atoms. The third kappa shape index (κ3) is 7.34. The van der Waals surface area contributed by atoms with Crippen molar-refractivity contribution in [1.29, 1.82) is 0 Å². The number of anilines is 3. The summed E-state index contributed by atoms with van der Waals surface area (Å²) in [6.07, 6.45) is 8.82. The number of carbonyl (C=O) groups excluding carboxylic acids is 3. The van der Waals surface area contributed by atoms with Crippen LogP contribution in [-0.2, 0) is 31.3 Å². The zero-order chi connectivity index (χ0) is 39.3. The van der Waals surface area contributed by atoms with Gasteiger partial charge in [-0.05, 0) is 81.1 Å². The third-order valence-corrected chi connectivity index (χ3v) is 11.7. The van der Waals surface area contributed by atoms with Crippen LogP contribution in [0.5, 0.6) is 0 Å². The van der Waals surface area contributed by atoms with Gasteiger partial charge in [-0.1, -0.05) is 72.8 Å². The average Bonchev–Trinajstić information content (AvgIpc) is 3.87. The van der Waals surface area contributed by atoms with Gasteiger partial charge < -0.3 is 30.1 Å². The van der Waals surface area contributed by atoms with Gasteiger partial charge in [0.2, 0.25) is 0 Å². The number of unbranched alkanes of at least 4 members (excludes halogenated alkanes) is 1. The second-order valence-corrected chi connectivity index (χ2v) is 14.9. The molecule has 0 radical (unpaired) electrons. The van der Waals surface area contributed by atoms with E-state index in [0.717, 1.165) is 24.3 Å². The van der Waals surface area contributed by atoms with Crippen molar-refractivity contribution < 1.29 is 29.3 Å². The minimum atomic E-state index is -1.90. The van der Waals surface area contributed by atoms with Crippen molar-refractivity contribution in [2.45, 2.75) is 69.1 Å². The van der Waals surface area contributed by atoms with Gasteiger partial charge in [0.25, 0.3) is 11.8 Å². The van der Waals surface area contributed by atoms with Gasteiger partial charge in [-0.2, -0.15) is 0 Å². The van der Waals surface area contributed by atoms with E-state index in [4.69, 9.17) is 4.74 Å². The van der Waals surface area contributed by atoms with E-state index >= 15 is 0 Å². The fraction of sp³-hybridized carbons (Fsp3) is 0.419. The summed E-state index contributed by atoms with van der Waals surface area (Å²) in [6, 6.07) is 25.2. The first-order chi connectivity index (χ1) is 27.2. The number of aryl methyl sites for hydroxylation is 1. The zero-order valence-electron chi connectivity index (χ0n) is 32.1. The van der Waals surface area contributed by atoms with Crippen molar-refractivity contribution >= 4 is 34.8 Å². The number of benzene rings is 3. The maximum absolute atomic E-state index is 14.5. The van der Waals surface area contributed by atoms with Gasteiger partial charge in [0, 0.05) is 48.6 Å². The molecule has 56 heavy (non-hydrogen) atoms. The Labute approximate surface area is 327 Å². The van der Waals surface area contributed by atoms with E-state index in [1.165, 1.54) is 7.11 Å². The quantitative estimate of drug-likeness (QED) is 0.0898. The number of ether oxygens (including phenoxy) is 1. The minimum absolute atomic E-state index is 0.00798. The molecule has 2 amide bonds. The fourth-order valence-corrected chi connectivity index (χ4v) is 8.42. The van der Waals surface area contributed by atoms with Crippen LogP contribution < -0.4 is 20.0 Å². The van der Waals surface area contributed by atoms with Gasteiger partial charge in [-0.3, -0.25) is 24.0 Å².